The van der Waals surface area contributed by atoms with Crippen LogP contribution in [0.1, 0.15) is 29.7 Å². The smallest absolute Gasteiger partial charge is 0.271 e. The van der Waals surface area contributed by atoms with E-state index in [2.05, 4.69) is 4.72 Å². The first-order chi connectivity index (χ1) is 12.4. The molecule has 5 nitrogen and oxygen atoms in total. The van der Waals surface area contributed by atoms with Crippen molar-refractivity contribution < 1.29 is 13.2 Å². The van der Waals surface area contributed by atoms with Gasteiger partial charge in [0.05, 0.1) is 0 Å². The molecule has 4 rings (SSSR count). The fourth-order valence-electron chi connectivity index (χ4n) is 3.26. The van der Waals surface area contributed by atoms with Gasteiger partial charge in [0.15, 0.2) is 0 Å². The number of hydrogen-bond donors (Lipinski definition) is 1. The Morgan fingerprint density at radius 3 is 2.62 bits per heavy atom. The van der Waals surface area contributed by atoms with Gasteiger partial charge in [0.25, 0.3) is 10.0 Å². The van der Waals surface area contributed by atoms with Crippen LogP contribution in [-0.2, 0) is 27.8 Å². The van der Waals surface area contributed by atoms with Crippen molar-refractivity contribution in [3.63, 3.8) is 0 Å². The Morgan fingerprint density at radius 1 is 1.23 bits per heavy atom. The van der Waals surface area contributed by atoms with Gasteiger partial charge in [-0.25, -0.2) is 8.42 Å². The number of halogens is 1. The molecule has 1 N–H and O–H groups in total. The van der Waals surface area contributed by atoms with Crippen molar-refractivity contribution in [1.29, 1.82) is 0 Å². The van der Waals surface area contributed by atoms with Gasteiger partial charge in [0, 0.05) is 34.6 Å². The number of thiophene rings is 1. The highest BCUT2D eigenvalue weighted by molar-refractivity contribution is 7.94. The van der Waals surface area contributed by atoms with Crippen LogP contribution < -0.4 is 4.72 Å². The molecule has 26 heavy (non-hydrogen) atoms. The zero-order valence-corrected chi connectivity index (χ0v) is 16.5. The first-order valence-electron chi connectivity index (χ1n) is 8.61. The predicted octanol–water partition coefficient (Wildman–Crippen LogP) is 3.89. The maximum absolute atomic E-state index is 12.7. The normalized spacial score (nSPS) is 17.5. The van der Waals surface area contributed by atoms with Crippen LogP contribution in [-0.4, -0.2) is 25.8 Å². The molecule has 0 atom stereocenters. The number of carbonyl (C=O) groups excluding carboxylic acids is 1. The molecule has 0 bridgehead atoms. The third-order valence-electron chi connectivity index (χ3n) is 4.97. The largest absolute Gasteiger partial charge is 0.338 e. The minimum atomic E-state index is -3.65. The summed E-state index contributed by atoms with van der Waals surface area (Å²) in [5.74, 6) is 0.391. The zero-order chi connectivity index (χ0) is 18.3. The van der Waals surface area contributed by atoms with Crippen LogP contribution in [0.4, 0.5) is 5.69 Å². The minimum absolute atomic E-state index is 0.171. The number of sulfonamides is 1. The quantitative estimate of drug-likeness (QED) is 0.831. The summed E-state index contributed by atoms with van der Waals surface area (Å²) in [5.41, 5.74) is 1.42. The molecular formula is C18H19ClN2O3S2. The van der Waals surface area contributed by atoms with E-state index >= 15 is 0 Å². The van der Waals surface area contributed by atoms with Crippen molar-refractivity contribution in [2.75, 3.05) is 11.3 Å². The molecule has 1 saturated carbocycles. The number of benzene rings is 1. The Kier molecular flexibility index (Phi) is 4.71. The molecule has 138 valence electrons. The van der Waals surface area contributed by atoms with Gasteiger partial charge in [-0.2, -0.15) is 0 Å². The second-order valence-electron chi connectivity index (χ2n) is 6.76. The maximum Gasteiger partial charge on any atom is 0.271 e. The lowest BCUT2D eigenvalue weighted by Gasteiger charge is -2.33. The molecule has 1 aliphatic heterocycles. The van der Waals surface area contributed by atoms with E-state index in [4.69, 9.17) is 11.6 Å². The van der Waals surface area contributed by atoms with Crippen LogP contribution in [0.3, 0.4) is 0 Å². The number of fused-ring (bicyclic) bond motifs is 1. The van der Waals surface area contributed by atoms with E-state index in [-0.39, 0.29) is 16.0 Å². The van der Waals surface area contributed by atoms with Gasteiger partial charge in [-0.05, 0) is 55.2 Å². The average Bonchev–Trinajstić information content (AvgIpc) is 2.99. The first kappa shape index (κ1) is 17.8. The van der Waals surface area contributed by atoms with Gasteiger partial charge < -0.3 is 4.90 Å². The Balaban J connectivity index is 1.51. The monoisotopic (exact) mass is 410 g/mol. The van der Waals surface area contributed by atoms with Crippen molar-refractivity contribution in [2.45, 2.75) is 36.4 Å². The Bertz CT molecular complexity index is 934. The molecule has 1 aromatic heterocycles. The summed E-state index contributed by atoms with van der Waals surface area (Å²) in [6, 6.07) is 8.25. The number of hydrogen-bond acceptors (Lipinski definition) is 4. The molecule has 1 fully saturated rings. The lowest BCUT2D eigenvalue weighted by atomic mass is 9.84. The Hall–Kier alpha value is -1.57. The standard InChI is InChI=1S/C18H19ClN2O3S2/c19-14-4-6-15(7-5-14)20-26(23,24)17-10-13-11-21(9-8-16(13)25-17)18(22)12-2-1-3-12/h4-7,10,12,20H,1-3,8-9,11H2. The highest BCUT2D eigenvalue weighted by Crippen LogP contribution is 2.34. The summed E-state index contributed by atoms with van der Waals surface area (Å²) in [4.78, 5) is 15.4. The second kappa shape index (κ2) is 6.87. The van der Waals surface area contributed by atoms with Crippen molar-refractivity contribution in [1.82, 2.24) is 4.90 Å². The topological polar surface area (TPSA) is 66.5 Å². The number of carbonyl (C=O) groups is 1. The fraction of sp³-hybridized carbons (Fsp3) is 0.389. The lowest BCUT2D eigenvalue weighted by Crippen LogP contribution is -2.41. The van der Waals surface area contributed by atoms with Crippen LogP contribution >= 0.6 is 22.9 Å². The van der Waals surface area contributed by atoms with Gasteiger partial charge in [-0.3, -0.25) is 9.52 Å². The molecule has 8 heteroatoms. The van der Waals surface area contributed by atoms with E-state index in [0.717, 1.165) is 36.1 Å². The van der Waals surface area contributed by atoms with Gasteiger partial charge in [0.2, 0.25) is 5.91 Å². The SMILES string of the molecule is O=C(C1CCC1)N1CCc2sc(S(=O)(=O)Nc3ccc(Cl)cc3)cc2C1. The van der Waals surface area contributed by atoms with Crippen LogP contribution in [0.15, 0.2) is 34.5 Å². The number of rotatable bonds is 4. The Morgan fingerprint density at radius 2 is 1.96 bits per heavy atom. The molecule has 0 radical (unpaired) electrons. The first-order valence-corrected chi connectivity index (χ1v) is 11.3. The molecule has 2 aromatic rings. The highest BCUT2D eigenvalue weighted by Gasteiger charge is 2.32. The van der Waals surface area contributed by atoms with E-state index in [1.165, 1.54) is 11.3 Å². The zero-order valence-electron chi connectivity index (χ0n) is 14.1. The van der Waals surface area contributed by atoms with E-state index in [0.29, 0.717) is 23.8 Å². The van der Waals surface area contributed by atoms with Gasteiger partial charge >= 0.3 is 0 Å². The summed E-state index contributed by atoms with van der Waals surface area (Å²) in [6.45, 7) is 1.19. The maximum atomic E-state index is 12.7. The van der Waals surface area contributed by atoms with Crippen molar-refractivity contribution in [3.8, 4) is 0 Å². The van der Waals surface area contributed by atoms with Crippen LogP contribution in [0, 0.1) is 5.92 Å². The molecule has 0 unspecified atom stereocenters. The second-order valence-corrected chi connectivity index (χ2v) is 10.2. The van der Waals surface area contributed by atoms with E-state index in [9.17, 15) is 13.2 Å². The van der Waals surface area contributed by atoms with E-state index in [1.807, 2.05) is 4.90 Å². The third-order valence-corrected chi connectivity index (χ3v) is 8.32. The molecule has 1 aliphatic carbocycles. The summed E-state index contributed by atoms with van der Waals surface area (Å²) in [5, 5.41) is 0.552. The van der Waals surface area contributed by atoms with Crippen molar-refractivity contribution in [2.24, 2.45) is 5.92 Å². The Labute approximate surface area is 162 Å². The van der Waals surface area contributed by atoms with Crippen molar-refractivity contribution >= 4 is 44.6 Å². The average molecular weight is 411 g/mol. The predicted molar refractivity (Wildman–Crippen MR) is 103 cm³/mol. The minimum Gasteiger partial charge on any atom is -0.338 e. The number of nitrogens with one attached hydrogen (secondary N) is 1. The molecule has 1 aromatic carbocycles. The molecule has 1 amide bonds. The van der Waals surface area contributed by atoms with Gasteiger partial charge in [-0.15, -0.1) is 11.3 Å². The molecule has 2 heterocycles. The fourth-order valence-corrected chi connectivity index (χ4v) is 5.99. The number of anilines is 1. The lowest BCUT2D eigenvalue weighted by molar-refractivity contribution is -0.139. The molecule has 0 saturated heterocycles. The van der Waals surface area contributed by atoms with Crippen molar-refractivity contribution in [3.05, 3.63) is 45.8 Å². The molecule has 0 spiro atoms. The van der Waals surface area contributed by atoms with E-state index < -0.39 is 10.0 Å². The summed E-state index contributed by atoms with van der Waals surface area (Å²) < 4.78 is 28.2. The molecular weight excluding hydrogens is 392 g/mol. The van der Waals surface area contributed by atoms with Crippen LogP contribution in [0.2, 0.25) is 5.02 Å². The highest BCUT2D eigenvalue weighted by atomic mass is 35.5. The van der Waals surface area contributed by atoms with Gasteiger partial charge in [0.1, 0.15) is 4.21 Å². The summed E-state index contributed by atoms with van der Waals surface area (Å²) in [6.07, 6.45) is 3.81. The number of nitrogens with zero attached hydrogens (tertiary/aromatic N) is 1. The number of amides is 1. The van der Waals surface area contributed by atoms with E-state index in [1.54, 1.807) is 30.3 Å². The summed E-state index contributed by atoms with van der Waals surface area (Å²) >= 11 is 7.13. The van der Waals surface area contributed by atoms with Gasteiger partial charge in [-0.1, -0.05) is 18.0 Å². The third kappa shape index (κ3) is 3.48. The van der Waals surface area contributed by atoms with Crippen LogP contribution in [0.5, 0.6) is 0 Å². The summed E-state index contributed by atoms with van der Waals surface area (Å²) in [7, 11) is -3.65. The van der Waals surface area contributed by atoms with Crippen LogP contribution in [0.25, 0.3) is 0 Å². The molecule has 2 aliphatic rings.